The van der Waals surface area contributed by atoms with Crippen molar-refractivity contribution in [3.63, 3.8) is 0 Å². The third-order valence-electron chi connectivity index (χ3n) is 3.41. The van der Waals surface area contributed by atoms with Crippen molar-refractivity contribution < 1.29 is 19.1 Å². The predicted octanol–water partition coefficient (Wildman–Crippen LogP) is 1.24. The van der Waals surface area contributed by atoms with Gasteiger partial charge in [0.25, 0.3) is 0 Å². The molecule has 0 saturated heterocycles. The Morgan fingerprint density at radius 1 is 1.17 bits per heavy atom. The third-order valence-corrected chi connectivity index (χ3v) is 3.41. The van der Waals surface area contributed by atoms with E-state index in [2.05, 4.69) is 10.6 Å². The number of nitrogens with one attached hydrogen (secondary N) is 2. The van der Waals surface area contributed by atoms with Crippen LogP contribution < -0.4 is 20.1 Å². The molecule has 24 heavy (non-hydrogen) atoms. The Hall–Kier alpha value is -2.28. The van der Waals surface area contributed by atoms with Gasteiger partial charge in [0.2, 0.25) is 11.8 Å². The molecule has 1 aliphatic heterocycles. The van der Waals surface area contributed by atoms with Crippen LogP contribution >= 0.6 is 0 Å². The quantitative estimate of drug-likeness (QED) is 0.784. The number of carbonyl (C=O) groups is 2. The van der Waals surface area contributed by atoms with Gasteiger partial charge in [-0.15, -0.1) is 0 Å². The standard InChI is InChI=1S/C17H25N3O4/c1-12(2)18-17(22)11-20(3)7-6-16(21)19-13-4-5-14-15(10-13)24-9-8-23-14/h4-5,10,12H,6-9,11H2,1-3H3,(H,18,22)(H,19,21). The molecule has 2 amide bonds. The molecule has 0 unspecified atom stereocenters. The zero-order valence-corrected chi connectivity index (χ0v) is 14.4. The van der Waals surface area contributed by atoms with Gasteiger partial charge in [0, 0.05) is 30.8 Å². The smallest absolute Gasteiger partial charge is 0.234 e. The Morgan fingerprint density at radius 2 is 1.88 bits per heavy atom. The summed E-state index contributed by atoms with van der Waals surface area (Å²) >= 11 is 0. The van der Waals surface area contributed by atoms with Gasteiger partial charge in [0.05, 0.1) is 6.54 Å². The second-order valence-corrected chi connectivity index (χ2v) is 6.12. The topological polar surface area (TPSA) is 79.9 Å². The second kappa shape index (κ2) is 8.54. The number of hydrogen-bond acceptors (Lipinski definition) is 5. The minimum atomic E-state index is -0.109. The minimum Gasteiger partial charge on any atom is -0.486 e. The maximum atomic E-state index is 12.0. The number of hydrogen-bond donors (Lipinski definition) is 2. The molecule has 7 heteroatoms. The Balaban J connectivity index is 1.76. The van der Waals surface area contributed by atoms with Crippen molar-refractivity contribution in [2.24, 2.45) is 0 Å². The van der Waals surface area contributed by atoms with Crippen molar-refractivity contribution in [2.75, 3.05) is 38.7 Å². The molecule has 0 saturated carbocycles. The van der Waals surface area contributed by atoms with Crippen LogP contribution in [0.15, 0.2) is 18.2 Å². The highest BCUT2D eigenvalue weighted by molar-refractivity contribution is 5.91. The van der Waals surface area contributed by atoms with E-state index in [4.69, 9.17) is 9.47 Å². The molecule has 7 nitrogen and oxygen atoms in total. The van der Waals surface area contributed by atoms with E-state index in [1.165, 1.54) is 0 Å². The predicted molar refractivity (Wildman–Crippen MR) is 91.5 cm³/mol. The highest BCUT2D eigenvalue weighted by Crippen LogP contribution is 2.32. The van der Waals surface area contributed by atoms with E-state index in [0.717, 1.165) is 0 Å². The van der Waals surface area contributed by atoms with Crippen molar-refractivity contribution in [3.8, 4) is 11.5 Å². The largest absolute Gasteiger partial charge is 0.486 e. The lowest BCUT2D eigenvalue weighted by Gasteiger charge is -2.19. The van der Waals surface area contributed by atoms with E-state index in [-0.39, 0.29) is 24.4 Å². The molecule has 0 atom stereocenters. The Kier molecular flexibility index (Phi) is 6.43. The second-order valence-electron chi connectivity index (χ2n) is 6.12. The first-order valence-corrected chi connectivity index (χ1v) is 8.11. The molecule has 0 radical (unpaired) electrons. The van der Waals surface area contributed by atoms with Crippen LogP contribution in [0.4, 0.5) is 5.69 Å². The molecule has 0 bridgehead atoms. The number of rotatable bonds is 7. The molecule has 0 fully saturated rings. The molecule has 1 aromatic rings. The van der Waals surface area contributed by atoms with Crippen LogP contribution in [0.1, 0.15) is 20.3 Å². The average molecular weight is 335 g/mol. The lowest BCUT2D eigenvalue weighted by atomic mass is 10.2. The summed E-state index contributed by atoms with van der Waals surface area (Å²) in [7, 11) is 1.82. The van der Waals surface area contributed by atoms with Gasteiger partial charge in [0.1, 0.15) is 13.2 Å². The van der Waals surface area contributed by atoms with Crippen molar-refractivity contribution >= 4 is 17.5 Å². The molecule has 0 spiro atoms. The lowest BCUT2D eigenvalue weighted by Crippen LogP contribution is -2.39. The van der Waals surface area contributed by atoms with Crippen LogP contribution in [-0.4, -0.2) is 56.1 Å². The highest BCUT2D eigenvalue weighted by atomic mass is 16.6. The van der Waals surface area contributed by atoms with Gasteiger partial charge in [0.15, 0.2) is 11.5 Å². The van der Waals surface area contributed by atoms with E-state index in [9.17, 15) is 9.59 Å². The third kappa shape index (κ3) is 5.73. The summed E-state index contributed by atoms with van der Waals surface area (Å²) in [4.78, 5) is 25.5. The summed E-state index contributed by atoms with van der Waals surface area (Å²) < 4.78 is 10.9. The normalized spacial score (nSPS) is 13.0. The molecule has 0 aromatic heterocycles. The SMILES string of the molecule is CC(C)NC(=O)CN(C)CCC(=O)Nc1ccc2c(c1)OCCO2. The number of likely N-dealkylation sites (N-methyl/N-ethyl adjacent to an activating group) is 1. The Bertz CT molecular complexity index is 589. The highest BCUT2D eigenvalue weighted by Gasteiger charge is 2.13. The summed E-state index contributed by atoms with van der Waals surface area (Å²) in [6.45, 7) is 5.65. The van der Waals surface area contributed by atoms with E-state index < -0.39 is 0 Å². The van der Waals surface area contributed by atoms with E-state index in [0.29, 0.717) is 43.4 Å². The number of ether oxygens (including phenoxy) is 2. The zero-order chi connectivity index (χ0) is 17.5. The number of anilines is 1. The summed E-state index contributed by atoms with van der Waals surface area (Å²) in [5.41, 5.74) is 0.671. The summed E-state index contributed by atoms with van der Waals surface area (Å²) in [5.74, 6) is 1.18. The fourth-order valence-corrected chi connectivity index (χ4v) is 2.33. The Morgan fingerprint density at radius 3 is 2.58 bits per heavy atom. The average Bonchev–Trinajstić information content (AvgIpc) is 2.52. The van der Waals surface area contributed by atoms with Crippen LogP contribution in [0.2, 0.25) is 0 Å². The molecule has 2 rings (SSSR count). The number of carbonyl (C=O) groups excluding carboxylic acids is 2. The van der Waals surface area contributed by atoms with Crippen molar-refractivity contribution in [1.82, 2.24) is 10.2 Å². The van der Waals surface area contributed by atoms with Gasteiger partial charge in [-0.1, -0.05) is 0 Å². The fourth-order valence-electron chi connectivity index (χ4n) is 2.33. The van der Waals surface area contributed by atoms with Crippen LogP contribution in [-0.2, 0) is 9.59 Å². The van der Waals surface area contributed by atoms with Crippen LogP contribution in [0.5, 0.6) is 11.5 Å². The first-order chi connectivity index (χ1) is 11.4. The van der Waals surface area contributed by atoms with Crippen LogP contribution in [0, 0.1) is 0 Å². The lowest BCUT2D eigenvalue weighted by molar-refractivity contribution is -0.123. The molecule has 1 aliphatic rings. The number of benzene rings is 1. The summed E-state index contributed by atoms with van der Waals surface area (Å²) in [5, 5.41) is 5.65. The first kappa shape index (κ1) is 18.1. The van der Waals surface area contributed by atoms with E-state index in [1.54, 1.807) is 18.2 Å². The molecular weight excluding hydrogens is 310 g/mol. The van der Waals surface area contributed by atoms with Crippen molar-refractivity contribution in [2.45, 2.75) is 26.3 Å². The number of fused-ring (bicyclic) bond motifs is 1. The van der Waals surface area contributed by atoms with E-state index in [1.807, 2.05) is 25.8 Å². The van der Waals surface area contributed by atoms with Gasteiger partial charge in [-0.3, -0.25) is 14.5 Å². The van der Waals surface area contributed by atoms with Gasteiger partial charge in [-0.2, -0.15) is 0 Å². The molecule has 132 valence electrons. The molecule has 1 heterocycles. The molecule has 0 aliphatic carbocycles. The fraction of sp³-hybridized carbons (Fsp3) is 0.529. The zero-order valence-electron chi connectivity index (χ0n) is 14.4. The summed E-state index contributed by atoms with van der Waals surface area (Å²) in [6, 6.07) is 5.44. The van der Waals surface area contributed by atoms with Crippen molar-refractivity contribution in [3.05, 3.63) is 18.2 Å². The van der Waals surface area contributed by atoms with Gasteiger partial charge in [-0.25, -0.2) is 0 Å². The van der Waals surface area contributed by atoms with Crippen molar-refractivity contribution in [1.29, 1.82) is 0 Å². The van der Waals surface area contributed by atoms with Gasteiger partial charge >= 0.3 is 0 Å². The van der Waals surface area contributed by atoms with E-state index >= 15 is 0 Å². The maximum Gasteiger partial charge on any atom is 0.234 e. The van der Waals surface area contributed by atoms with Gasteiger partial charge < -0.3 is 20.1 Å². The Labute approximate surface area is 142 Å². The summed E-state index contributed by atoms with van der Waals surface area (Å²) in [6.07, 6.45) is 0.305. The molecular formula is C17H25N3O4. The maximum absolute atomic E-state index is 12.0. The van der Waals surface area contributed by atoms with Gasteiger partial charge in [-0.05, 0) is 33.0 Å². The number of nitrogens with zero attached hydrogens (tertiary/aromatic N) is 1. The monoisotopic (exact) mass is 335 g/mol. The first-order valence-electron chi connectivity index (χ1n) is 8.11. The van der Waals surface area contributed by atoms with Crippen LogP contribution in [0.3, 0.4) is 0 Å². The number of amides is 2. The molecule has 1 aromatic carbocycles. The van der Waals surface area contributed by atoms with Crippen LogP contribution in [0.25, 0.3) is 0 Å². The molecule has 2 N–H and O–H groups in total. The minimum absolute atomic E-state index is 0.0419.